The zero-order chi connectivity index (χ0) is 24.7. The van der Waals surface area contributed by atoms with Crippen molar-refractivity contribution in [3.8, 4) is 0 Å². The minimum atomic E-state index is -2.80. The fourth-order valence-corrected chi connectivity index (χ4v) is 4.95. The Morgan fingerprint density at radius 3 is 2.71 bits per heavy atom. The highest BCUT2D eigenvalue weighted by molar-refractivity contribution is 6.08. The summed E-state index contributed by atoms with van der Waals surface area (Å²) < 4.78 is 36.3. The fraction of sp³-hybridized carbons (Fsp3) is 0.583. The van der Waals surface area contributed by atoms with Gasteiger partial charge in [-0.2, -0.15) is 10.2 Å². The van der Waals surface area contributed by atoms with E-state index in [0.717, 1.165) is 25.7 Å². The van der Waals surface area contributed by atoms with E-state index in [4.69, 9.17) is 9.72 Å². The second-order valence-electron chi connectivity index (χ2n) is 9.83. The molecule has 0 unspecified atom stereocenters. The van der Waals surface area contributed by atoms with Crippen molar-refractivity contribution in [3.63, 3.8) is 0 Å². The van der Waals surface area contributed by atoms with Gasteiger partial charge in [0.15, 0.2) is 11.3 Å². The van der Waals surface area contributed by atoms with E-state index in [1.54, 1.807) is 10.9 Å². The number of carbonyl (C=O) groups excluding carboxylic acids is 1. The Morgan fingerprint density at radius 2 is 1.97 bits per heavy atom. The van der Waals surface area contributed by atoms with Crippen LogP contribution in [0.4, 0.5) is 20.3 Å². The zero-order valence-electron chi connectivity index (χ0n) is 20.2. The van der Waals surface area contributed by atoms with Crippen molar-refractivity contribution < 1.29 is 18.3 Å². The maximum Gasteiger partial charge on any atom is 0.284 e. The number of carbonyl (C=O) groups is 1. The van der Waals surface area contributed by atoms with Crippen molar-refractivity contribution in [1.82, 2.24) is 24.4 Å². The van der Waals surface area contributed by atoms with Crippen molar-refractivity contribution in [2.24, 2.45) is 5.92 Å². The van der Waals surface area contributed by atoms with Gasteiger partial charge in [0.2, 0.25) is 0 Å². The number of anilines is 2. The van der Waals surface area contributed by atoms with Crippen molar-refractivity contribution in [1.29, 1.82) is 0 Å². The van der Waals surface area contributed by atoms with Crippen molar-refractivity contribution in [2.45, 2.75) is 71.1 Å². The Bertz CT molecular complexity index is 1200. The van der Waals surface area contributed by atoms with Gasteiger partial charge in [0.1, 0.15) is 11.4 Å². The monoisotopic (exact) mass is 487 g/mol. The van der Waals surface area contributed by atoms with Gasteiger partial charge in [-0.05, 0) is 51.5 Å². The first-order valence-electron chi connectivity index (χ1n) is 12.2. The molecule has 5 rings (SSSR count). The molecule has 35 heavy (non-hydrogen) atoms. The van der Waals surface area contributed by atoms with Crippen LogP contribution in [-0.4, -0.2) is 55.6 Å². The lowest BCUT2D eigenvalue weighted by atomic mass is 9.87. The number of ether oxygens (including phenoxy) is 1. The van der Waals surface area contributed by atoms with Crippen LogP contribution in [-0.2, 0) is 4.74 Å². The van der Waals surface area contributed by atoms with Gasteiger partial charge in [-0.15, -0.1) is 0 Å². The molecule has 9 nitrogen and oxygen atoms in total. The maximum atomic E-state index is 13.8. The average molecular weight is 488 g/mol. The molecule has 2 atom stereocenters. The number of nitrogens with zero attached hydrogens (tertiary/aromatic N) is 6. The second-order valence-corrected chi connectivity index (χ2v) is 9.83. The van der Waals surface area contributed by atoms with Crippen LogP contribution in [0.25, 0.3) is 5.65 Å². The van der Waals surface area contributed by atoms with Crippen LogP contribution in [0, 0.1) is 5.92 Å². The largest absolute Gasteiger partial charge is 0.375 e. The number of hydrogen-bond donors (Lipinski definition) is 1. The number of halogens is 2. The molecular weight excluding hydrogens is 456 g/mol. The molecular formula is C24H31F2N7O2. The predicted molar refractivity (Wildman–Crippen MR) is 127 cm³/mol. The van der Waals surface area contributed by atoms with E-state index in [0.29, 0.717) is 30.5 Å². The van der Waals surface area contributed by atoms with E-state index in [2.05, 4.69) is 34.3 Å². The minimum absolute atomic E-state index is 0.0229. The highest BCUT2D eigenvalue weighted by Gasteiger charge is 2.28. The molecule has 2 aliphatic rings. The first kappa shape index (κ1) is 23.7. The van der Waals surface area contributed by atoms with Gasteiger partial charge in [-0.1, -0.05) is 6.92 Å². The van der Waals surface area contributed by atoms with Crippen molar-refractivity contribution in [2.75, 3.05) is 23.4 Å². The summed E-state index contributed by atoms with van der Waals surface area (Å²) in [6, 6.07) is 2.04. The Hall–Kier alpha value is -3.08. The number of rotatable bonds is 5. The van der Waals surface area contributed by atoms with Gasteiger partial charge in [0, 0.05) is 18.9 Å². The molecule has 0 spiro atoms. The Balaban J connectivity index is 1.40. The summed E-state index contributed by atoms with van der Waals surface area (Å²) in [6.45, 7) is 7.52. The Morgan fingerprint density at radius 1 is 1.20 bits per heavy atom. The summed E-state index contributed by atoms with van der Waals surface area (Å²) in [5.74, 6) is 0.793. The highest BCUT2D eigenvalue weighted by atomic mass is 19.3. The van der Waals surface area contributed by atoms with Crippen LogP contribution in [0.2, 0.25) is 0 Å². The SMILES string of the molecule is CC1CCC(n2cc(NC(=O)c3cnn4ccc(N5C[C@@H](C)OC[C@H]5C)nc34)c(C(F)F)n2)CC1. The Labute approximate surface area is 202 Å². The molecule has 1 saturated carbocycles. The molecule has 1 aliphatic carbocycles. The molecule has 0 radical (unpaired) electrons. The molecule has 0 bridgehead atoms. The van der Waals surface area contributed by atoms with Gasteiger partial charge >= 0.3 is 0 Å². The summed E-state index contributed by atoms with van der Waals surface area (Å²) in [5.41, 5.74) is 0.173. The van der Waals surface area contributed by atoms with E-state index in [1.165, 1.54) is 16.9 Å². The number of morpholine rings is 1. The smallest absolute Gasteiger partial charge is 0.284 e. The molecule has 0 aromatic carbocycles. The number of alkyl halides is 2. The molecule has 2 fully saturated rings. The van der Waals surface area contributed by atoms with Crippen LogP contribution in [0.1, 0.15) is 75.0 Å². The molecule has 3 aromatic rings. The topological polar surface area (TPSA) is 89.6 Å². The quantitative estimate of drug-likeness (QED) is 0.571. The number of nitrogens with one attached hydrogen (secondary N) is 1. The molecule has 1 saturated heterocycles. The van der Waals surface area contributed by atoms with Gasteiger partial charge in [-0.25, -0.2) is 18.3 Å². The van der Waals surface area contributed by atoms with E-state index in [-0.39, 0.29) is 29.4 Å². The van der Waals surface area contributed by atoms with Crippen LogP contribution >= 0.6 is 0 Å². The normalized spacial score (nSPS) is 25.4. The van der Waals surface area contributed by atoms with E-state index >= 15 is 0 Å². The maximum absolute atomic E-state index is 13.8. The molecule has 1 N–H and O–H groups in total. The number of aromatic nitrogens is 5. The summed E-state index contributed by atoms with van der Waals surface area (Å²) >= 11 is 0. The lowest BCUT2D eigenvalue weighted by Gasteiger charge is -2.37. The number of fused-ring (bicyclic) bond motifs is 1. The third-order valence-corrected chi connectivity index (χ3v) is 7.08. The summed E-state index contributed by atoms with van der Waals surface area (Å²) in [4.78, 5) is 20.0. The average Bonchev–Trinajstić information content (AvgIpc) is 3.45. The third kappa shape index (κ3) is 4.73. The fourth-order valence-electron chi connectivity index (χ4n) is 4.95. The predicted octanol–water partition coefficient (Wildman–Crippen LogP) is 4.48. The standard InChI is InChI=1S/C24H31F2N7O2/c1-14-4-6-17(7-5-14)33-12-19(21(30-33)22(25)26)28-24(34)18-10-27-32-9-8-20(29-23(18)32)31-11-16(3)35-13-15(31)2/h8-10,12,14-17,22H,4-7,11,13H2,1-3H3,(H,28,34)/t14?,15-,16-,17?/m1/s1. The van der Waals surface area contributed by atoms with Gasteiger partial charge in [0.25, 0.3) is 12.3 Å². The lowest BCUT2D eigenvalue weighted by molar-refractivity contribution is 0.0340. The van der Waals surface area contributed by atoms with Gasteiger partial charge in [-0.3, -0.25) is 9.48 Å². The van der Waals surface area contributed by atoms with Crippen LogP contribution < -0.4 is 10.2 Å². The molecule has 188 valence electrons. The third-order valence-electron chi connectivity index (χ3n) is 7.08. The lowest BCUT2D eigenvalue weighted by Crippen LogP contribution is -2.47. The van der Waals surface area contributed by atoms with E-state index in [1.807, 2.05) is 13.0 Å². The molecule has 4 heterocycles. The first-order valence-corrected chi connectivity index (χ1v) is 12.2. The van der Waals surface area contributed by atoms with Gasteiger partial charge in [0.05, 0.1) is 36.7 Å². The zero-order valence-corrected chi connectivity index (χ0v) is 20.2. The van der Waals surface area contributed by atoms with Crippen LogP contribution in [0.15, 0.2) is 24.7 Å². The van der Waals surface area contributed by atoms with Crippen LogP contribution in [0.5, 0.6) is 0 Å². The second kappa shape index (κ2) is 9.52. The van der Waals surface area contributed by atoms with Gasteiger partial charge < -0.3 is 15.0 Å². The summed E-state index contributed by atoms with van der Waals surface area (Å²) in [6.07, 6.45) is 5.79. The number of hydrogen-bond acceptors (Lipinski definition) is 6. The molecule has 3 aromatic heterocycles. The molecule has 1 aliphatic heterocycles. The van der Waals surface area contributed by atoms with Crippen LogP contribution in [0.3, 0.4) is 0 Å². The molecule has 1 amide bonds. The number of amides is 1. The van der Waals surface area contributed by atoms with Crippen molar-refractivity contribution in [3.05, 3.63) is 35.9 Å². The molecule has 11 heteroatoms. The summed E-state index contributed by atoms with van der Waals surface area (Å²) in [7, 11) is 0. The highest BCUT2D eigenvalue weighted by Crippen LogP contribution is 2.34. The van der Waals surface area contributed by atoms with Crippen molar-refractivity contribution >= 4 is 23.1 Å². The Kier molecular flexibility index (Phi) is 6.43. The summed E-state index contributed by atoms with van der Waals surface area (Å²) in [5, 5.41) is 11.0. The van der Waals surface area contributed by atoms with E-state index in [9.17, 15) is 13.6 Å². The van der Waals surface area contributed by atoms with E-state index < -0.39 is 18.0 Å². The minimum Gasteiger partial charge on any atom is -0.375 e. The first-order chi connectivity index (χ1) is 16.8.